The third-order valence-electron chi connectivity index (χ3n) is 5.11. The minimum atomic E-state index is -0.183. The van der Waals surface area contributed by atoms with Gasteiger partial charge in [0.05, 0.1) is 11.1 Å². The van der Waals surface area contributed by atoms with Gasteiger partial charge < -0.3 is 10.3 Å². The van der Waals surface area contributed by atoms with Crippen LogP contribution in [0.3, 0.4) is 0 Å². The summed E-state index contributed by atoms with van der Waals surface area (Å²) < 4.78 is 0. The van der Waals surface area contributed by atoms with E-state index in [4.69, 9.17) is 0 Å². The average Bonchev–Trinajstić information content (AvgIpc) is 3.23. The molecule has 0 bridgehead atoms. The number of thioether (sulfide) groups is 1. The van der Waals surface area contributed by atoms with Crippen molar-refractivity contribution >= 4 is 44.9 Å². The predicted molar refractivity (Wildman–Crippen MR) is 130 cm³/mol. The molecule has 7 heteroatoms. The van der Waals surface area contributed by atoms with Crippen LogP contribution in [0.5, 0.6) is 0 Å². The number of benzene rings is 2. The maximum Gasteiger partial charge on any atom is 0.260 e. The second-order valence-corrected chi connectivity index (χ2v) is 8.88. The molecule has 0 unspecified atom stereocenters. The number of H-pyrrole nitrogens is 1. The number of rotatable bonds is 7. The van der Waals surface area contributed by atoms with Crippen molar-refractivity contribution in [2.75, 3.05) is 11.1 Å². The first-order chi connectivity index (χ1) is 15.1. The Morgan fingerprint density at radius 3 is 2.45 bits per heavy atom. The maximum absolute atomic E-state index is 12.8. The number of carbonyl (C=O) groups is 1. The van der Waals surface area contributed by atoms with Gasteiger partial charge in [-0.05, 0) is 29.5 Å². The van der Waals surface area contributed by atoms with E-state index in [-0.39, 0.29) is 17.2 Å². The Balaban J connectivity index is 1.51. The Morgan fingerprint density at radius 1 is 1.06 bits per heavy atom. The number of aromatic nitrogens is 2. The van der Waals surface area contributed by atoms with Crippen molar-refractivity contribution < 1.29 is 4.79 Å². The first-order valence-electron chi connectivity index (χ1n) is 10.2. The fourth-order valence-corrected chi connectivity index (χ4v) is 5.21. The SMILES string of the molecule is CCc1cccc(CC)c1NC(=O)CSc1nc2scc(-c3ccccc3)c2c(=O)[nH]1. The number of carbonyl (C=O) groups excluding carboxylic acids is 1. The van der Waals surface area contributed by atoms with E-state index >= 15 is 0 Å². The molecule has 0 fully saturated rings. The van der Waals surface area contributed by atoms with Crippen molar-refractivity contribution in [2.24, 2.45) is 0 Å². The van der Waals surface area contributed by atoms with Crippen LogP contribution in [0.15, 0.2) is 63.9 Å². The van der Waals surface area contributed by atoms with Crippen LogP contribution in [0.4, 0.5) is 5.69 Å². The Kier molecular flexibility index (Phi) is 6.53. The predicted octanol–water partition coefficient (Wildman–Crippen LogP) is 5.51. The lowest BCUT2D eigenvalue weighted by atomic mass is 10.0. The van der Waals surface area contributed by atoms with Gasteiger partial charge in [-0.15, -0.1) is 11.3 Å². The van der Waals surface area contributed by atoms with E-state index in [9.17, 15) is 9.59 Å². The van der Waals surface area contributed by atoms with Gasteiger partial charge in [-0.2, -0.15) is 0 Å². The molecule has 4 aromatic rings. The third-order valence-corrected chi connectivity index (χ3v) is 6.86. The van der Waals surface area contributed by atoms with Crippen molar-refractivity contribution in [1.29, 1.82) is 0 Å². The van der Waals surface area contributed by atoms with Gasteiger partial charge in [-0.3, -0.25) is 9.59 Å². The van der Waals surface area contributed by atoms with Gasteiger partial charge in [0.1, 0.15) is 4.83 Å². The normalized spacial score (nSPS) is 11.0. The standard InChI is InChI=1S/C24H23N3O2S2/c1-3-15-11-8-12-16(4-2)21(15)25-19(28)14-31-24-26-22(29)20-18(13-30-23(20)27-24)17-9-6-5-7-10-17/h5-13H,3-4,14H2,1-2H3,(H,25,28)(H,26,27,29). The monoisotopic (exact) mass is 449 g/mol. The van der Waals surface area contributed by atoms with Crippen molar-refractivity contribution in [3.63, 3.8) is 0 Å². The average molecular weight is 450 g/mol. The molecule has 0 saturated heterocycles. The summed E-state index contributed by atoms with van der Waals surface area (Å²) in [5.74, 6) is 0.0616. The minimum Gasteiger partial charge on any atom is -0.325 e. The molecular weight excluding hydrogens is 426 g/mol. The van der Waals surface area contributed by atoms with Gasteiger partial charge in [0.25, 0.3) is 5.56 Å². The number of para-hydroxylation sites is 1. The molecule has 31 heavy (non-hydrogen) atoms. The molecule has 158 valence electrons. The molecule has 0 atom stereocenters. The van der Waals surface area contributed by atoms with Gasteiger partial charge >= 0.3 is 0 Å². The molecular formula is C24H23N3O2S2. The fourth-order valence-electron chi connectivity index (χ4n) is 3.54. The van der Waals surface area contributed by atoms with E-state index in [2.05, 4.69) is 29.1 Å². The molecule has 2 aromatic heterocycles. The number of amides is 1. The van der Waals surface area contributed by atoms with E-state index in [1.54, 1.807) is 0 Å². The summed E-state index contributed by atoms with van der Waals surface area (Å²) >= 11 is 2.68. The highest BCUT2D eigenvalue weighted by molar-refractivity contribution is 7.99. The summed E-state index contributed by atoms with van der Waals surface area (Å²) in [4.78, 5) is 33.4. The number of thiophene rings is 1. The van der Waals surface area contributed by atoms with E-state index in [1.165, 1.54) is 23.1 Å². The molecule has 0 saturated carbocycles. The molecule has 2 N–H and O–H groups in total. The van der Waals surface area contributed by atoms with Crippen molar-refractivity contribution in [1.82, 2.24) is 9.97 Å². The molecule has 1 amide bonds. The smallest absolute Gasteiger partial charge is 0.260 e. The number of nitrogens with zero attached hydrogens (tertiary/aromatic N) is 1. The molecule has 0 radical (unpaired) electrons. The van der Waals surface area contributed by atoms with Crippen LogP contribution in [0.2, 0.25) is 0 Å². The van der Waals surface area contributed by atoms with Crippen molar-refractivity contribution in [2.45, 2.75) is 31.8 Å². The zero-order valence-electron chi connectivity index (χ0n) is 17.4. The van der Waals surface area contributed by atoms with Crippen LogP contribution in [0, 0.1) is 0 Å². The van der Waals surface area contributed by atoms with Gasteiger partial charge in [0, 0.05) is 16.6 Å². The second-order valence-electron chi connectivity index (χ2n) is 7.06. The Morgan fingerprint density at radius 2 is 1.77 bits per heavy atom. The van der Waals surface area contributed by atoms with Gasteiger partial charge in [-0.1, -0.05) is 74.1 Å². The van der Waals surface area contributed by atoms with E-state index < -0.39 is 0 Å². The number of hydrogen-bond donors (Lipinski definition) is 2. The second kappa shape index (κ2) is 9.49. The fraction of sp³-hybridized carbons (Fsp3) is 0.208. The summed E-state index contributed by atoms with van der Waals surface area (Å²) in [6.45, 7) is 4.15. The largest absolute Gasteiger partial charge is 0.325 e. The topological polar surface area (TPSA) is 74.8 Å². The van der Waals surface area contributed by atoms with Gasteiger partial charge in [-0.25, -0.2) is 4.98 Å². The summed E-state index contributed by atoms with van der Waals surface area (Å²) in [6.07, 6.45) is 1.70. The summed E-state index contributed by atoms with van der Waals surface area (Å²) in [5.41, 5.74) is 4.84. The number of anilines is 1. The molecule has 0 aliphatic heterocycles. The van der Waals surface area contributed by atoms with Crippen LogP contribution >= 0.6 is 23.1 Å². The van der Waals surface area contributed by atoms with Crippen molar-refractivity contribution in [3.05, 3.63) is 75.4 Å². The van der Waals surface area contributed by atoms with E-state index in [0.29, 0.717) is 15.4 Å². The number of aryl methyl sites for hydroxylation is 2. The minimum absolute atomic E-state index is 0.112. The number of hydrogen-bond acceptors (Lipinski definition) is 5. The quantitative estimate of drug-likeness (QED) is 0.288. The van der Waals surface area contributed by atoms with Crippen molar-refractivity contribution in [3.8, 4) is 11.1 Å². The Bertz CT molecular complexity index is 1260. The lowest BCUT2D eigenvalue weighted by Gasteiger charge is -2.14. The molecule has 5 nitrogen and oxygen atoms in total. The van der Waals surface area contributed by atoms with E-state index in [0.717, 1.165) is 40.8 Å². The zero-order chi connectivity index (χ0) is 21.8. The van der Waals surface area contributed by atoms with Crippen LogP contribution in [-0.2, 0) is 17.6 Å². The summed E-state index contributed by atoms with van der Waals surface area (Å²) in [7, 11) is 0. The first kappa shape index (κ1) is 21.3. The van der Waals surface area contributed by atoms with Gasteiger partial charge in [0.2, 0.25) is 5.91 Å². The highest BCUT2D eigenvalue weighted by atomic mass is 32.2. The summed E-state index contributed by atoms with van der Waals surface area (Å²) in [6, 6.07) is 15.9. The van der Waals surface area contributed by atoms with Crippen LogP contribution in [0.25, 0.3) is 21.3 Å². The lowest BCUT2D eigenvalue weighted by molar-refractivity contribution is -0.113. The van der Waals surface area contributed by atoms with E-state index in [1.807, 2.05) is 53.9 Å². The van der Waals surface area contributed by atoms with Gasteiger partial charge in [0.15, 0.2) is 5.16 Å². The Hall–Kier alpha value is -2.90. The van der Waals surface area contributed by atoms with Crippen LogP contribution in [0.1, 0.15) is 25.0 Å². The highest BCUT2D eigenvalue weighted by Gasteiger charge is 2.15. The maximum atomic E-state index is 12.8. The summed E-state index contributed by atoms with van der Waals surface area (Å²) in [5, 5.41) is 6.05. The molecule has 4 rings (SSSR count). The first-order valence-corrected chi connectivity index (χ1v) is 12.1. The molecule has 0 aliphatic carbocycles. The molecule has 0 spiro atoms. The number of nitrogens with one attached hydrogen (secondary N) is 2. The Labute approximate surface area is 188 Å². The number of fused-ring (bicyclic) bond motifs is 1. The number of aromatic amines is 1. The molecule has 2 heterocycles. The lowest BCUT2D eigenvalue weighted by Crippen LogP contribution is -2.17. The zero-order valence-corrected chi connectivity index (χ0v) is 19.0. The molecule has 2 aromatic carbocycles. The highest BCUT2D eigenvalue weighted by Crippen LogP contribution is 2.31. The molecule has 0 aliphatic rings. The van der Waals surface area contributed by atoms with Crippen LogP contribution < -0.4 is 10.9 Å². The van der Waals surface area contributed by atoms with Crippen LogP contribution in [-0.4, -0.2) is 21.6 Å². The third kappa shape index (κ3) is 4.57.